The molecule has 0 aromatic heterocycles. The van der Waals surface area contributed by atoms with Crippen molar-refractivity contribution in [2.75, 3.05) is 13.7 Å². The first-order chi connectivity index (χ1) is 9.89. The lowest BCUT2D eigenvalue weighted by Gasteiger charge is -2.16. The van der Waals surface area contributed by atoms with Gasteiger partial charge in [-0.15, -0.1) is 0 Å². The normalized spacial score (nSPS) is 16.5. The molecule has 1 atom stereocenters. The number of hydrogen-bond donors (Lipinski definition) is 2. The van der Waals surface area contributed by atoms with Gasteiger partial charge in [0.15, 0.2) is 0 Å². The number of nitrogens with two attached hydrogens (primary N) is 1. The smallest absolute Gasteiger partial charge is 0.338 e. The average Bonchev–Trinajstić information content (AvgIpc) is 3.28. The summed E-state index contributed by atoms with van der Waals surface area (Å²) < 4.78 is 32.0. The first-order valence-corrected chi connectivity index (χ1v) is 8.28. The number of sulfonamides is 1. The summed E-state index contributed by atoms with van der Waals surface area (Å²) in [7, 11) is -2.34. The third-order valence-electron chi connectivity index (χ3n) is 3.66. The Morgan fingerprint density at radius 3 is 2.62 bits per heavy atom. The number of methoxy groups -OCH3 is 1. The molecular weight excluding hydrogens is 292 g/mol. The summed E-state index contributed by atoms with van der Waals surface area (Å²) in [6.07, 6.45) is 2.01. The number of carbonyl (C=O) groups excluding carboxylic acids is 1. The van der Waals surface area contributed by atoms with Crippen LogP contribution in [0.5, 0.6) is 0 Å². The van der Waals surface area contributed by atoms with E-state index in [9.17, 15) is 13.2 Å². The molecule has 116 valence electrons. The van der Waals surface area contributed by atoms with Gasteiger partial charge >= 0.3 is 5.97 Å². The van der Waals surface area contributed by atoms with Crippen molar-refractivity contribution < 1.29 is 17.9 Å². The third-order valence-corrected chi connectivity index (χ3v) is 5.15. The molecule has 0 spiro atoms. The van der Waals surface area contributed by atoms with Crippen LogP contribution in [0, 0.1) is 12.8 Å². The van der Waals surface area contributed by atoms with Crippen molar-refractivity contribution in [1.82, 2.24) is 4.72 Å². The second-order valence-electron chi connectivity index (χ2n) is 5.27. The van der Waals surface area contributed by atoms with Gasteiger partial charge in [-0.25, -0.2) is 17.9 Å². The molecule has 0 saturated heterocycles. The molecule has 0 heterocycles. The van der Waals surface area contributed by atoms with E-state index in [1.807, 2.05) is 0 Å². The minimum atomic E-state index is -3.63. The van der Waals surface area contributed by atoms with Crippen LogP contribution in [0.25, 0.3) is 0 Å². The maximum absolute atomic E-state index is 12.4. The van der Waals surface area contributed by atoms with E-state index in [4.69, 9.17) is 5.73 Å². The quantitative estimate of drug-likeness (QED) is 0.757. The molecule has 1 aliphatic rings. The highest BCUT2D eigenvalue weighted by atomic mass is 32.2. The van der Waals surface area contributed by atoms with Gasteiger partial charge in [0.2, 0.25) is 10.0 Å². The van der Waals surface area contributed by atoms with Gasteiger partial charge in [-0.05, 0) is 49.4 Å². The highest BCUT2D eigenvalue weighted by Crippen LogP contribution is 2.33. The van der Waals surface area contributed by atoms with Crippen LogP contribution in [0.15, 0.2) is 23.1 Å². The van der Waals surface area contributed by atoms with E-state index in [1.165, 1.54) is 25.3 Å². The molecule has 1 aliphatic carbocycles. The molecule has 7 heteroatoms. The summed E-state index contributed by atoms with van der Waals surface area (Å²) >= 11 is 0. The predicted octanol–water partition coefficient (Wildman–Crippen LogP) is 0.797. The zero-order chi connectivity index (χ0) is 15.6. The lowest BCUT2D eigenvalue weighted by molar-refractivity contribution is 0.0600. The highest BCUT2D eigenvalue weighted by Gasteiger charge is 2.33. The highest BCUT2D eigenvalue weighted by molar-refractivity contribution is 7.89. The summed E-state index contributed by atoms with van der Waals surface area (Å²) in [6.45, 7) is 1.95. The number of esters is 1. The van der Waals surface area contributed by atoms with Gasteiger partial charge < -0.3 is 10.5 Å². The van der Waals surface area contributed by atoms with Gasteiger partial charge in [0.25, 0.3) is 0 Å². The maximum atomic E-state index is 12.4. The standard InChI is InChI=1S/C14H20N2O4S/c1-9-7-11(5-6-12(9)14(17)20-2)21(18,19)16-13(8-15)10-3-4-10/h5-7,10,13,16H,3-4,8,15H2,1-2H3. The van der Waals surface area contributed by atoms with Crippen molar-refractivity contribution >= 4 is 16.0 Å². The van der Waals surface area contributed by atoms with E-state index in [0.29, 0.717) is 17.0 Å². The van der Waals surface area contributed by atoms with Crippen molar-refractivity contribution in [1.29, 1.82) is 0 Å². The fourth-order valence-corrected chi connectivity index (χ4v) is 3.65. The zero-order valence-electron chi connectivity index (χ0n) is 12.1. The van der Waals surface area contributed by atoms with Crippen LogP contribution < -0.4 is 10.5 Å². The van der Waals surface area contributed by atoms with Gasteiger partial charge in [-0.3, -0.25) is 0 Å². The Morgan fingerprint density at radius 2 is 2.14 bits per heavy atom. The van der Waals surface area contributed by atoms with Crippen LogP contribution in [0.3, 0.4) is 0 Å². The number of hydrogen-bond acceptors (Lipinski definition) is 5. The Hall–Kier alpha value is -1.44. The molecule has 1 aromatic rings. The van der Waals surface area contributed by atoms with Gasteiger partial charge in [0.05, 0.1) is 17.6 Å². The fourth-order valence-electron chi connectivity index (χ4n) is 2.25. The molecule has 3 N–H and O–H groups in total. The Bertz CT molecular complexity index is 638. The molecule has 0 amide bonds. The molecule has 6 nitrogen and oxygen atoms in total. The lowest BCUT2D eigenvalue weighted by atomic mass is 10.1. The minimum Gasteiger partial charge on any atom is -0.465 e. The van der Waals surface area contributed by atoms with E-state index in [-0.39, 0.29) is 17.5 Å². The van der Waals surface area contributed by atoms with Crippen molar-refractivity contribution in [3.8, 4) is 0 Å². The van der Waals surface area contributed by atoms with E-state index in [1.54, 1.807) is 6.92 Å². The van der Waals surface area contributed by atoms with E-state index in [2.05, 4.69) is 9.46 Å². The number of benzene rings is 1. The van der Waals surface area contributed by atoms with Crippen LogP contribution in [0.4, 0.5) is 0 Å². The monoisotopic (exact) mass is 312 g/mol. The zero-order valence-corrected chi connectivity index (χ0v) is 12.9. The Kier molecular flexibility index (Phi) is 4.65. The van der Waals surface area contributed by atoms with Crippen molar-refractivity contribution in [2.24, 2.45) is 11.7 Å². The van der Waals surface area contributed by atoms with Gasteiger partial charge in [0.1, 0.15) is 0 Å². The Balaban J connectivity index is 2.24. The van der Waals surface area contributed by atoms with Crippen LogP contribution in [0.1, 0.15) is 28.8 Å². The number of ether oxygens (including phenoxy) is 1. The van der Waals surface area contributed by atoms with E-state index in [0.717, 1.165) is 12.8 Å². The van der Waals surface area contributed by atoms with Crippen LogP contribution in [-0.4, -0.2) is 34.1 Å². The SMILES string of the molecule is COC(=O)c1ccc(S(=O)(=O)NC(CN)C2CC2)cc1C. The van der Waals surface area contributed by atoms with Gasteiger partial charge in [-0.2, -0.15) is 0 Å². The summed E-state index contributed by atoms with van der Waals surface area (Å²) in [5.74, 6) is -0.151. The van der Waals surface area contributed by atoms with Crippen molar-refractivity contribution in [3.63, 3.8) is 0 Å². The summed E-state index contributed by atoms with van der Waals surface area (Å²) in [6, 6.07) is 4.11. The summed E-state index contributed by atoms with van der Waals surface area (Å²) in [5.41, 5.74) is 6.53. The Morgan fingerprint density at radius 1 is 1.48 bits per heavy atom. The molecular formula is C14H20N2O4S. The molecule has 0 radical (unpaired) electrons. The predicted molar refractivity (Wildman–Crippen MR) is 78.4 cm³/mol. The molecule has 0 bridgehead atoms. The van der Waals surface area contributed by atoms with Gasteiger partial charge in [0, 0.05) is 12.6 Å². The second kappa shape index (κ2) is 6.13. The van der Waals surface area contributed by atoms with Crippen LogP contribution in [-0.2, 0) is 14.8 Å². The number of rotatable bonds is 6. The molecule has 1 saturated carbocycles. The molecule has 1 unspecified atom stereocenters. The fraction of sp³-hybridized carbons (Fsp3) is 0.500. The molecule has 1 fully saturated rings. The van der Waals surface area contributed by atoms with Gasteiger partial charge in [-0.1, -0.05) is 0 Å². The first kappa shape index (κ1) is 15.9. The molecule has 0 aliphatic heterocycles. The van der Waals surface area contributed by atoms with Crippen LogP contribution in [0.2, 0.25) is 0 Å². The lowest BCUT2D eigenvalue weighted by Crippen LogP contribution is -2.41. The van der Waals surface area contributed by atoms with Crippen molar-refractivity contribution in [2.45, 2.75) is 30.7 Å². The molecule has 21 heavy (non-hydrogen) atoms. The first-order valence-electron chi connectivity index (χ1n) is 6.80. The second-order valence-corrected chi connectivity index (χ2v) is 6.98. The largest absolute Gasteiger partial charge is 0.465 e. The number of nitrogens with one attached hydrogen (secondary N) is 1. The Labute approximate surface area is 124 Å². The van der Waals surface area contributed by atoms with Crippen molar-refractivity contribution in [3.05, 3.63) is 29.3 Å². The number of carbonyl (C=O) groups is 1. The number of aryl methyl sites for hydroxylation is 1. The molecule has 1 aromatic carbocycles. The third kappa shape index (κ3) is 3.61. The maximum Gasteiger partial charge on any atom is 0.338 e. The topological polar surface area (TPSA) is 98.5 Å². The van der Waals surface area contributed by atoms with E-state index >= 15 is 0 Å². The summed E-state index contributed by atoms with van der Waals surface area (Å²) in [4.78, 5) is 11.6. The average molecular weight is 312 g/mol. The summed E-state index contributed by atoms with van der Waals surface area (Å²) in [5, 5.41) is 0. The van der Waals surface area contributed by atoms with E-state index < -0.39 is 16.0 Å². The van der Waals surface area contributed by atoms with Crippen LogP contribution >= 0.6 is 0 Å². The molecule has 2 rings (SSSR count). The minimum absolute atomic E-state index is 0.131.